The monoisotopic (exact) mass is 232 g/mol. The Balaban J connectivity index is 3.67. The lowest BCUT2D eigenvalue weighted by Gasteiger charge is -2.13. The predicted octanol–water partition coefficient (Wildman–Crippen LogP) is 0.842. The molecule has 0 aliphatic carbocycles. The summed E-state index contributed by atoms with van der Waals surface area (Å²) in [4.78, 5) is 11.8. The van der Waals surface area contributed by atoms with Crippen LogP contribution >= 0.6 is 12.2 Å². The van der Waals surface area contributed by atoms with Crippen LogP contribution in [0.5, 0.6) is 0 Å². The second kappa shape index (κ2) is 8.61. The van der Waals surface area contributed by atoms with Crippen LogP contribution < -0.4 is 11.1 Å². The first kappa shape index (κ1) is 14.3. The third-order valence-corrected chi connectivity index (χ3v) is 2.32. The molecule has 0 radical (unpaired) electrons. The average molecular weight is 232 g/mol. The van der Waals surface area contributed by atoms with E-state index in [4.69, 9.17) is 22.7 Å². The number of hydrogen-bond donors (Lipinski definition) is 2. The summed E-state index contributed by atoms with van der Waals surface area (Å²) in [5, 5.41) is 2.79. The van der Waals surface area contributed by atoms with Crippen LogP contribution in [0.15, 0.2) is 0 Å². The molecular weight excluding hydrogens is 212 g/mol. The van der Waals surface area contributed by atoms with Gasteiger partial charge in [0.05, 0.1) is 10.9 Å². The van der Waals surface area contributed by atoms with Crippen molar-refractivity contribution in [3.63, 3.8) is 0 Å². The maximum Gasteiger partial charge on any atom is 0.229 e. The van der Waals surface area contributed by atoms with E-state index in [2.05, 4.69) is 5.32 Å². The van der Waals surface area contributed by atoms with Crippen LogP contribution in [0.2, 0.25) is 0 Å². The number of hydrogen-bond acceptors (Lipinski definition) is 3. The van der Waals surface area contributed by atoms with Gasteiger partial charge in [-0.2, -0.15) is 0 Å². The molecule has 0 aliphatic heterocycles. The van der Waals surface area contributed by atoms with E-state index < -0.39 is 0 Å². The number of nitrogens with one attached hydrogen (secondary N) is 1. The summed E-state index contributed by atoms with van der Waals surface area (Å²) in [6, 6.07) is 0. The molecule has 0 fully saturated rings. The van der Waals surface area contributed by atoms with Gasteiger partial charge in [-0.25, -0.2) is 0 Å². The summed E-state index contributed by atoms with van der Waals surface area (Å²) in [6.07, 6.45) is 1.46. The SMILES string of the molecule is CCOCCCNC(=O)C(CC)C(N)=S. The molecule has 15 heavy (non-hydrogen) atoms. The van der Waals surface area contributed by atoms with Gasteiger partial charge in [0.25, 0.3) is 0 Å². The number of carbonyl (C=O) groups is 1. The lowest BCUT2D eigenvalue weighted by Crippen LogP contribution is -2.38. The highest BCUT2D eigenvalue weighted by atomic mass is 32.1. The molecule has 3 N–H and O–H groups in total. The van der Waals surface area contributed by atoms with E-state index in [1.807, 2.05) is 13.8 Å². The summed E-state index contributed by atoms with van der Waals surface area (Å²) in [5.41, 5.74) is 5.45. The topological polar surface area (TPSA) is 64.3 Å². The van der Waals surface area contributed by atoms with Crippen LogP contribution in [-0.4, -0.2) is 30.7 Å². The Kier molecular flexibility index (Phi) is 8.22. The van der Waals surface area contributed by atoms with Crippen LogP contribution in [0, 0.1) is 5.92 Å². The minimum Gasteiger partial charge on any atom is -0.393 e. The van der Waals surface area contributed by atoms with Crippen molar-refractivity contribution < 1.29 is 9.53 Å². The predicted molar refractivity (Wildman–Crippen MR) is 64.7 cm³/mol. The fraction of sp³-hybridized carbons (Fsp3) is 0.800. The molecule has 4 nitrogen and oxygen atoms in total. The molecule has 1 unspecified atom stereocenters. The maximum absolute atomic E-state index is 11.5. The first-order valence-electron chi connectivity index (χ1n) is 5.28. The van der Waals surface area contributed by atoms with E-state index in [1.165, 1.54) is 0 Å². The normalized spacial score (nSPS) is 12.1. The fourth-order valence-electron chi connectivity index (χ4n) is 1.17. The van der Waals surface area contributed by atoms with Crippen LogP contribution in [0.1, 0.15) is 26.7 Å². The number of amides is 1. The highest BCUT2D eigenvalue weighted by molar-refractivity contribution is 7.80. The zero-order valence-corrected chi connectivity index (χ0v) is 10.2. The van der Waals surface area contributed by atoms with E-state index >= 15 is 0 Å². The zero-order valence-electron chi connectivity index (χ0n) is 9.41. The van der Waals surface area contributed by atoms with Crippen molar-refractivity contribution >= 4 is 23.1 Å². The van der Waals surface area contributed by atoms with Gasteiger partial charge in [0.15, 0.2) is 0 Å². The second-order valence-corrected chi connectivity index (χ2v) is 3.68. The Morgan fingerprint density at radius 1 is 1.53 bits per heavy atom. The van der Waals surface area contributed by atoms with Crippen molar-refractivity contribution in [2.24, 2.45) is 11.7 Å². The van der Waals surface area contributed by atoms with Gasteiger partial charge in [0, 0.05) is 19.8 Å². The minimum absolute atomic E-state index is 0.0819. The number of nitrogens with two attached hydrogens (primary N) is 1. The smallest absolute Gasteiger partial charge is 0.229 e. The number of ether oxygens (including phenoxy) is 1. The Bertz CT molecular complexity index is 210. The van der Waals surface area contributed by atoms with Gasteiger partial charge < -0.3 is 15.8 Å². The molecule has 0 saturated carbocycles. The zero-order chi connectivity index (χ0) is 11.7. The first-order valence-corrected chi connectivity index (χ1v) is 5.69. The summed E-state index contributed by atoms with van der Waals surface area (Å²) in [6.45, 7) is 5.82. The molecule has 0 aliphatic rings. The number of carbonyl (C=O) groups excluding carboxylic acids is 1. The lowest BCUT2D eigenvalue weighted by molar-refractivity contribution is -0.123. The molecule has 0 bridgehead atoms. The first-order chi connectivity index (χ1) is 7.13. The average Bonchev–Trinajstić information content (AvgIpc) is 2.18. The van der Waals surface area contributed by atoms with E-state index in [9.17, 15) is 4.79 Å². The second-order valence-electron chi connectivity index (χ2n) is 3.20. The summed E-state index contributed by atoms with van der Waals surface area (Å²) in [7, 11) is 0. The van der Waals surface area contributed by atoms with Crippen molar-refractivity contribution in [3.8, 4) is 0 Å². The molecular formula is C10H20N2O2S. The van der Waals surface area contributed by atoms with Crippen LogP contribution in [0.3, 0.4) is 0 Å². The summed E-state index contributed by atoms with van der Waals surface area (Å²) in [5.74, 6) is -0.423. The molecule has 0 heterocycles. The molecule has 88 valence electrons. The van der Waals surface area contributed by atoms with Gasteiger partial charge >= 0.3 is 0 Å². The van der Waals surface area contributed by atoms with Gasteiger partial charge in [0.2, 0.25) is 5.91 Å². The van der Waals surface area contributed by atoms with Gasteiger partial charge in [0.1, 0.15) is 0 Å². The van der Waals surface area contributed by atoms with Crippen molar-refractivity contribution in [2.75, 3.05) is 19.8 Å². The number of rotatable bonds is 8. The molecule has 0 spiro atoms. The van der Waals surface area contributed by atoms with E-state index in [0.717, 1.165) is 6.42 Å². The third-order valence-electron chi connectivity index (χ3n) is 2.04. The van der Waals surface area contributed by atoms with E-state index in [-0.39, 0.29) is 16.8 Å². The third kappa shape index (κ3) is 6.41. The van der Waals surface area contributed by atoms with Crippen molar-refractivity contribution in [1.29, 1.82) is 0 Å². The quantitative estimate of drug-likeness (QED) is 0.481. The summed E-state index contributed by atoms with van der Waals surface area (Å²) < 4.78 is 5.15. The number of thiocarbonyl (C=S) groups is 1. The van der Waals surface area contributed by atoms with Crippen LogP contribution in [0.4, 0.5) is 0 Å². The van der Waals surface area contributed by atoms with Crippen molar-refractivity contribution in [1.82, 2.24) is 5.32 Å². The molecule has 0 aromatic carbocycles. The van der Waals surface area contributed by atoms with Gasteiger partial charge in [-0.3, -0.25) is 4.79 Å². The lowest BCUT2D eigenvalue weighted by atomic mass is 10.1. The van der Waals surface area contributed by atoms with Gasteiger partial charge in [-0.1, -0.05) is 19.1 Å². The molecule has 5 heteroatoms. The Morgan fingerprint density at radius 3 is 2.67 bits per heavy atom. The minimum atomic E-state index is -0.341. The Labute approximate surface area is 96.5 Å². The Hall–Kier alpha value is -0.680. The van der Waals surface area contributed by atoms with Crippen molar-refractivity contribution in [2.45, 2.75) is 26.7 Å². The molecule has 1 amide bonds. The molecule has 0 rings (SSSR count). The van der Waals surface area contributed by atoms with Crippen LogP contribution in [-0.2, 0) is 9.53 Å². The van der Waals surface area contributed by atoms with Gasteiger partial charge in [-0.15, -0.1) is 0 Å². The highest BCUT2D eigenvalue weighted by Gasteiger charge is 2.18. The maximum atomic E-state index is 11.5. The molecule has 1 atom stereocenters. The fourth-order valence-corrected chi connectivity index (χ4v) is 1.44. The molecule has 0 saturated heterocycles. The van der Waals surface area contributed by atoms with Gasteiger partial charge in [-0.05, 0) is 19.8 Å². The highest BCUT2D eigenvalue weighted by Crippen LogP contribution is 2.02. The Morgan fingerprint density at radius 2 is 2.20 bits per heavy atom. The largest absolute Gasteiger partial charge is 0.393 e. The van der Waals surface area contributed by atoms with E-state index in [0.29, 0.717) is 26.2 Å². The van der Waals surface area contributed by atoms with Crippen molar-refractivity contribution in [3.05, 3.63) is 0 Å². The van der Waals surface area contributed by atoms with E-state index in [1.54, 1.807) is 0 Å². The standard InChI is InChI=1S/C10H20N2O2S/c1-3-8(9(11)15)10(13)12-6-5-7-14-4-2/h8H,3-7H2,1-2H3,(H2,11,15)(H,12,13). The molecule has 0 aromatic rings. The molecule has 0 aromatic heterocycles. The van der Waals surface area contributed by atoms with Crippen LogP contribution in [0.25, 0.3) is 0 Å². The summed E-state index contributed by atoms with van der Waals surface area (Å²) >= 11 is 4.81.